The van der Waals surface area contributed by atoms with Gasteiger partial charge in [0.1, 0.15) is 0 Å². The zero-order valence-corrected chi connectivity index (χ0v) is 11.0. The smallest absolute Gasteiger partial charge is 0.0583 e. The Morgan fingerprint density at radius 1 is 1.50 bits per heavy atom. The van der Waals surface area contributed by atoms with Crippen LogP contribution in [0.15, 0.2) is 16.6 Å². The van der Waals surface area contributed by atoms with Crippen molar-refractivity contribution in [1.82, 2.24) is 5.32 Å². The second-order valence-corrected chi connectivity index (χ2v) is 4.59. The molecular weight excluding hydrogens is 285 g/mol. The Hall–Kier alpha value is 0.240. The van der Waals surface area contributed by atoms with Crippen LogP contribution >= 0.6 is 39.9 Å². The van der Waals surface area contributed by atoms with Crippen LogP contribution in [0.5, 0.6) is 0 Å². The van der Waals surface area contributed by atoms with Gasteiger partial charge in [-0.05, 0) is 53.0 Å². The first kappa shape index (κ1) is 12.3. The summed E-state index contributed by atoms with van der Waals surface area (Å²) in [5.74, 6) is 0. The third-order valence-electron chi connectivity index (χ3n) is 2.52. The van der Waals surface area contributed by atoms with Crippen LogP contribution in [0.25, 0.3) is 0 Å². The molecule has 0 aliphatic carbocycles. The van der Waals surface area contributed by atoms with Gasteiger partial charge in [-0.2, -0.15) is 0 Å². The van der Waals surface area contributed by atoms with Gasteiger partial charge in [0.2, 0.25) is 0 Å². The normalized spacial score (nSPS) is 19.8. The summed E-state index contributed by atoms with van der Waals surface area (Å²) in [4.78, 5) is 0. The second-order valence-electron chi connectivity index (χ2n) is 3.35. The van der Waals surface area contributed by atoms with Gasteiger partial charge in [-0.25, -0.2) is 0 Å². The zero-order valence-electron chi connectivity index (χ0n) is 7.81. The molecule has 0 spiro atoms. The fraction of sp³-hybridized carbons (Fsp3) is 0.400. The highest BCUT2D eigenvalue weighted by Crippen LogP contribution is 2.33. The average Bonchev–Trinajstić information content (AvgIpc) is 2.12. The van der Waals surface area contributed by atoms with Crippen LogP contribution in [0.4, 0.5) is 0 Å². The average molecular weight is 297 g/mol. The summed E-state index contributed by atoms with van der Waals surface area (Å²) in [6, 6.07) is 4.58. The van der Waals surface area contributed by atoms with Gasteiger partial charge < -0.3 is 5.32 Å². The van der Waals surface area contributed by atoms with E-state index in [9.17, 15) is 0 Å². The molecular formula is C10H12BrCl2N. The van der Waals surface area contributed by atoms with Crippen molar-refractivity contribution < 1.29 is 0 Å². The van der Waals surface area contributed by atoms with E-state index >= 15 is 0 Å². The highest BCUT2D eigenvalue weighted by atomic mass is 79.9. The van der Waals surface area contributed by atoms with Crippen LogP contribution < -0.4 is 5.32 Å². The van der Waals surface area contributed by atoms with E-state index < -0.39 is 0 Å². The highest BCUT2D eigenvalue weighted by Gasteiger charge is 2.18. The molecule has 0 aromatic heterocycles. The molecule has 0 bridgehead atoms. The van der Waals surface area contributed by atoms with Crippen molar-refractivity contribution in [2.75, 3.05) is 6.54 Å². The third-order valence-corrected chi connectivity index (χ3v) is 3.85. The minimum atomic E-state index is 0. The number of halogens is 3. The molecule has 1 unspecified atom stereocenters. The first-order valence-corrected chi connectivity index (χ1v) is 5.57. The van der Waals surface area contributed by atoms with Crippen molar-refractivity contribution in [3.8, 4) is 0 Å². The van der Waals surface area contributed by atoms with Crippen LogP contribution in [0, 0.1) is 0 Å². The fourth-order valence-electron chi connectivity index (χ4n) is 1.79. The standard InChI is InChI=1S/C10H11BrClN.ClH/c1-6-7-2-3-9(11)10(12)8(7)4-5-13-6;/h2-3,6,13H,4-5H2,1H3;1H. The summed E-state index contributed by atoms with van der Waals surface area (Å²) in [6.45, 7) is 3.19. The molecule has 1 aliphatic heterocycles. The molecule has 0 saturated carbocycles. The lowest BCUT2D eigenvalue weighted by Gasteiger charge is -2.25. The van der Waals surface area contributed by atoms with E-state index in [4.69, 9.17) is 11.6 Å². The Morgan fingerprint density at radius 2 is 2.21 bits per heavy atom. The number of hydrogen-bond donors (Lipinski definition) is 1. The van der Waals surface area contributed by atoms with E-state index in [-0.39, 0.29) is 12.4 Å². The van der Waals surface area contributed by atoms with Crippen LogP contribution in [0.1, 0.15) is 24.1 Å². The maximum atomic E-state index is 6.20. The fourth-order valence-corrected chi connectivity index (χ4v) is 2.43. The topological polar surface area (TPSA) is 12.0 Å². The monoisotopic (exact) mass is 295 g/mol. The number of hydrogen-bond acceptors (Lipinski definition) is 1. The van der Waals surface area contributed by atoms with Crippen LogP contribution in [0.3, 0.4) is 0 Å². The Morgan fingerprint density at radius 3 is 2.93 bits per heavy atom. The molecule has 4 heteroatoms. The summed E-state index contributed by atoms with van der Waals surface area (Å²) >= 11 is 9.64. The first-order valence-electron chi connectivity index (χ1n) is 4.40. The quantitative estimate of drug-likeness (QED) is 0.769. The minimum absolute atomic E-state index is 0. The van der Waals surface area contributed by atoms with Crippen LogP contribution in [-0.2, 0) is 6.42 Å². The lowest BCUT2D eigenvalue weighted by Crippen LogP contribution is -2.27. The van der Waals surface area contributed by atoms with E-state index in [0.717, 1.165) is 22.5 Å². The van der Waals surface area contributed by atoms with Gasteiger partial charge in [-0.3, -0.25) is 0 Å². The molecule has 0 amide bonds. The molecule has 1 aromatic rings. The number of benzene rings is 1. The van der Waals surface area contributed by atoms with E-state index in [1.54, 1.807) is 0 Å². The van der Waals surface area contributed by atoms with Crippen molar-refractivity contribution in [2.45, 2.75) is 19.4 Å². The SMILES string of the molecule is CC1NCCc2c1ccc(Br)c2Cl.Cl. The van der Waals surface area contributed by atoms with Gasteiger partial charge in [0.05, 0.1) is 5.02 Å². The lowest BCUT2D eigenvalue weighted by molar-refractivity contribution is 0.541. The van der Waals surface area contributed by atoms with Gasteiger partial charge in [0, 0.05) is 10.5 Å². The minimum Gasteiger partial charge on any atom is -0.310 e. The second kappa shape index (κ2) is 4.84. The van der Waals surface area contributed by atoms with Crippen molar-refractivity contribution in [3.63, 3.8) is 0 Å². The van der Waals surface area contributed by atoms with E-state index in [1.165, 1.54) is 11.1 Å². The number of nitrogens with one attached hydrogen (secondary N) is 1. The predicted octanol–water partition coefficient (Wildman–Crippen LogP) is 3.73. The highest BCUT2D eigenvalue weighted by molar-refractivity contribution is 9.10. The summed E-state index contributed by atoms with van der Waals surface area (Å²) in [5.41, 5.74) is 2.63. The summed E-state index contributed by atoms with van der Waals surface area (Å²) < 4.78 is 1.00. The molecule has 1 N–H and O–H groups in total. The van der Waals surface area contributed by atoms with Crippen molar-refractivity contribution >= 4 is 39.9 Å². The Kier molecular flexibility index (Phi) is 4.26. The van der Waals surface area contributed by atoms with Gasteiger partial charge in [0.15, 0.2) is 0 Å². The number of fused-ring (bicyclic) bond motifs is 1. The van der Waals surface area contributed by atoms with Crippen LogP contribution in [0.2, 0.25) is 5.02 Å². The largest absolute Gasteiger partial charge is 0.310 e. The zero-order chi connectivity index (χ0) is 9.42. The molecule has 1 heterocycles. The summed E-state index contributed by atoms with van der Waals surface area (Å²) in [5, 5.41) is 4.29. The summed E-state index contributed by atoms with van der Waals surface area (Å²) in [7, 11) is 0. The molecule has 1 atom stereocenters. The lowest BCUT2D eigenvalue weighted by atomic mass is 9.95. The molecule has 1 aliphatic rings. The molecule has 78 valence electrons. The molecule has 1 aromatic carbocycles. The van der Waals surface area contributed by atoms with E-state index in [0.29, 0.717) is 6.04 Å². The van der Waals surface area contributed by atoms with Crippen molar-refractivity contribution in [1.29, 1.82) is 0 Å². The van der Waals surface area contributed by atoms with E-state index in [1.807, 2.05) is 6.07 Å². The van der Waals surface area contributed by atoms with Crippen LogP contribution in [-0.4, -0.2) is 6.54 Å². The van der Waals surface area contributed by atoms with Gasteiger partial charge >= 0.3 is 0 Å². The molecule has 0 radical (unpaired) electrons. The molecule has 2 rings (SSSR count). The Balaban J connectivity index is 0.000000980. The molecule has 14 heavy (non-hydrogen) atoms. The Bertz CT molecular complexity index is 341. The van der Waals surface area contributed by atoms with Gasteiger partial charge in [-0.1, -0.05) is 17.7 Å². The maximum absolute atomic E-state index is 6.20. The maximum Gasteiger partial charge on any atom is 0.0583 e. The van der Waals surface area contributed by atoms with Gasteiger partial charge in [0.25, 0.3) is 0 Å². The van der Waals surface area contributed by atoms with Crippen molar-refractivity contribution in [2.24, 2.45) is 0 Å². The van der Waals surface area contributed by atoms with Gasteiger partial charge in [-0.15, -0.1) is 12.4 Å². The number of rotatable bonds is 0. The first-order chi connectivity index (χ1) is 6.20. The summed E-state index contributed by atoms with van der Waals surface area (Å²) in [6.07, 6.45) is 1.03. The Labute approximate surface area is 104 Å². The molecule has 0 fully saturated rings. The van der Waals surface area contributed by atoms with E-state index in [2.05, 4.69) is 34.2 Å². The third kappa shape index (κ3) is 2.08. The predicted molar refractivity (Wildman–Crippen MR) is 66.5 cm³/mol. The van der Waals surface area contributed by atoms with Crippen molar-refractivity contribution in [3.05, 3.63) is 32.8 Å². The molecule has 0 saturated heterocycles. The molecule has 1 nitrogen and oxygen atoms in total.